The topological polar surface area (TPSA) is 94.1 Å². The Morgan fingerprint density at radius 2 is 1.81 bits per heavy atom. The zero-order valence-electron chi connectivity index (χ0n) is 17.5. The minimum absolute atomic E-state index is 0.218. The fourth-order valence-electron chi connectivity index (χ4n) is 3.81. The summed E-state index contributed by atoms with van der Waals surface area (Å²) >= 11 is 0. The zero-order valence-corrected chi connectivity index (χ0v) is 17.5. The highest BCUT2D eigenvalue weighted by Gasteiger charge is 2.51. The number of benzene rings is 1. The van der Waals surface area contributed by atoms with E-state index >= 15 is 0 Å². The van der Waals surface area contributed by atoms with E-state index in [1.807, 2.05) is 37.3 Å². The smallest absolute Gasteiger partial charge is 0.468 e. The van der Waals surface area contributed by atoms with Gasteiger partial charge in [-0.25, -0.2) is 4.79 Å². The van der Waals surface area contributed by atoms with Gasteiger partial charge in [0.05, 0.1) is 20.3 Å². The average molecular weight is 442 g/mol. The van der Waals surface area contributed by atoms with Crippen LogP contribution in [0.4, 0.5) is 13.2 Å². The van der Waals surface area contributed by atoms with Crippen molar-refractivity contribution in [1.82, 2.24) is 5.32 Å². The Balaban J connectivity index is 2.43. The van der Waals surface area contributed by atoms with E-state index in [4.69, 9.17) is 4.74 Å². The van der Waals surface area contributed by atoms with Crippen LogP contribution in [0.3, 0.4) is 0 Å². The molecular weight excluding hydrogens is 417 g/mol. The average Bonchev–Trinajstić information content (AvgIpc) is 3.14. The highest BCUT2D eigenvalue weighted by Crippen LogP contribution is 2.42. The van der Waals surface area contributed by atoms with Gasteiger partial charge in [-0.3, -0.25) is 14.6 Å². The third kappa shape index (κ3) is 5.62. The summed E-state index contributed by atoms with van der Waals surface area (Å²) in [6.45, 7) is 1.83. The monoisotopic (exact) mass is 442 g/mol. The number of alkyl halides is 3. The molecule has 10 heteroatoms. The van der Waals surface area contributed by atoms with Crippen molar-refractivity contribution in [2.75, 3.05) is 14.2 Å². The molecule has 170 valence electrons. The summed E-state index contributed by atoms with van der Waals surface area (Å²) < 4.78 is 47.8. The molecule has 0 radical (unpaired) electrons. The van der Waals surface area contributed by atoms with Crippen molar-refractivity contribution in [2.45, 2.75) is 50.9 Å². The standard InChI is InChI=1S/C21H25F3N2O5/c1-13(14-8-5-4-6-9-14)25-16-10-7-11-20(16,19(29)31-3)12-15(17(27)30-2)26-18(28)21(22,23)24/h4-6,8-9,13,15H,7,10-12H2,1-3H3,(H,26,28)/b25-16+/t13-,15-,20-/m0/s1. The van der Waals surface area contributed by atoms with Gasteiger partial charge in [0.15, 0.2) is 0 Å². The third-order valence-electron chi connectivity index (χ3n) is 5.38. The zero-order chi connectivity index (χ0) is 23.2. The molecule has 0 saturated heterocycles. The molecule has 1 aromatic rings. The van der Waals surface area contributed by atoms with E-state index < -0.39 is 41.9 Å². The molecule has 1 N–H and O–H groups in total. The number of nitrogens with zero attached hydrogens (tertiary/aromatic N) is 1. The number of aliphatic imine (C=N–C) groups is 1. The minimum atomic E-state index is -5.20. The predicted molar refractivity (Wildman–Crippen MR) is 105 cm³/mol. The Kier molecular flexibility index (Phi) is 7.80. The van der Waals surface area contributed by atoms with Crippen molar-refractivity contribution < 1.29 is 37.0 Å². The lowest BCUT2D eigenvalue weighted by atomic mass is 9.78. The maximum Gasteiger partial charge on any atom is 0.471 e. The van der Waals surface area contributed by atoms with Crippen molar-refractivity contribution in [3.63, 3.8) is 0 Å². The quantitative estimate of drug-likeness (QED) is 0.655. The molecule has 7 nitrogen and oxygen atoms in total. The summed E-state index contributed by atoms with van der Waals surface area (Å²) in [4.78, 5) is 41.1. The van der Waals surface area contributed by atoms with E-state index in [0.29, 0.717) is 18.6 Å². The van der Waals surface area contributed by atoms with Crippen LogP contribution >= 0.6 is 0 Å². The van der Waals surface area contributed by atoms with Crippen molar-refractivity contribution in [3.8, 4) is 0 Å². The number of carbonyl (C=O) groups excluding carboxylic acids is 3. The number of esters is 2. The van der Waals surface area contributed by atoms with Crippen molar-refractivity contribution in [1.29, 1.82) is 0 Å². The van der Waals surface area contributed by atoms with Crippen LogP contribution < -0.4 is 5.32 Å². The number of amides is 1. The summed E-state index contributed by atoms with van der Waals surface area (Å²) in [6.07, 6.45) is -4.49. The Labute approximate surface area is 178 Å². The molecule has 0 aromatic heterocycles. The minimum Gasteiger partial charge on any atom is -0.468 e. The molecule has 1 aliphatic carbocycles. The van der Waals surface area contributed by atoms with Gasteiger partial charge < -0.3 is 14.8 Å². The second kappa shape index (κ2) is 9.93. The lowest BCUT2D eigenvalue weighted by Crippen LogP contribution is -2.52. The van der Waals surface area contributed by atoms with E-state index in [1.54, 1.807) is 5.32 Å². The normalized spacial score (nSPS) is 21.9. The van der Waals surface area contributed by atoms with Crippen LogP contribution in [0.15, 0.2) is 35.3 Å². The lowest BCUT2D eigenvalue weighted by molar-refractivity contribution is -0.176. The Morgan fingerprint density at radius 1 is 1.16 bits per heavy atom. The number of hydrogen-bond donors (Lipinski definition) is 1. The maximum atomic E-state index is 12.8. The molecule has 1 saturated carbocycles. The summed E-state index contributed by atoms with van der Waals surface area (Å²) in [5.41, 5.74) is -0.142. The van der Waals surface area contributed by atoms with Crippen LogP contribution in [-0.4, -0.2) is 50.0 Å². The van der Waals surface area contributed by atoms with E-state index in [9.17, 15) is 27.6 Å². The molecule has 0 bridgehead atoms. The molecule has 0 spiro atoms. The SMILES string of the molecule is COC(=O)[C@H](C[C@@]1(C(=O)OC)CCC/C1=N\[C@@H](C)c1ccccc1)NC(=O)C(F)(F)F. The number of methoxy groups -OCH3 is 2. The van der Waals surface area contributed by atoms with Gasteiger partial charge in [-0.2, -0.15) is 13.2 Å². The van der Waals surface area contributed by atoms with E-state index in [1.165, 1.54) is 0 Å². The fourth-order valence-corrected chi connectivity index (χ4v) is 3.81. The molecule has 0 unspecified atom stereocenters. The molecule has 1 aliphatic rings. The first-order valence-electron chi connectivity index (χ1n) is 9.71. The number of hydrogen-bond acceptors (Lipinski definition) is 6. The van der Waals surface area contributed by atoms with Crippen LogP contribution in [0, 0.1) is 5.41 Å². The van der Waals surface area contributed by atoms with Crippen LogP contribution in [0.5, 0.6) is 0 Å². The van der Waals surface area contributed by atoms with E-state index in [-0.39, 0.29) is 12.5 Å². The summed E-state index contributed by atoms with van der Waals surface area (Å²) in [5.74, 6) is -4.11. The Hall–Kier alpha value is -2.91. The first kappa shape index (κ1) is 24.4. The van der Waals surface area contributed by atoms with Gasteiger partial charge >= 0.3 is 24.0 Å². The largest absolute Gasteiger partial charge is 0.471 e. The van der Waals surface area contributed by atoms with Crippen LogP contribution in [-0.2, 0) is 23.9 Å². The Bertz CT molecular complexity index is 841. The van der Waals surface area contributed by atoms with Gasteiger partial charge in [0.1, 0.15) is 11.5 Å². The first-order valence-corrected chi connectivity index (χ1v) is 9.71. The van der Waals surface area contributed by atoms with Gasteiger partial charge in [0.2, 0.25) is 0 Å². The molecule has 0 aliphatic heterocycles. The molecule has 0 heterocycles. The number of rotatable bonds is 7. The van der Waals surface area contributed by atoms with E-state index in [0.717, 1.165) is 19.8 Å². The number of carbonyl (C=O) groups is 3. The van der Waals surface area contributed by atoms with Gasteiger partial charge in [-0.15, -0.1) is 0 Å². The number of ether oxygens (including phenoxy) is 2. The number of halogens is 3. The summed E-state index contributed by atoms with van der Waals surface area (Å²) in [5, 5.41) is 1.64. The molecule has 2 rings (SSSR count). The summed E-state index contributed by atoms with van der Waals surface area (Å²) in [6, 6.07) is 7.23. The van der Waals surface area contributed by atoms with Crippen LogP contribution in [0.2, 0.25) is 0 Å². The lowest BCUT2D eigenvalue weighted by Gasteiger charge is -2.31. The molecule has 31 heavy (non-hydrogen) atoms. The van der Waals surface area contributed by atoms with Gasteiger partial charge in [0, 0.05) is 5.71 Å². The van der Waals surface area contributed by atoms with Gasteiger partial charge in [-0.05, 0) is 38.2 Å². The molecule has 3 atom stereocenters. The number of nitrogens with one attached hydrogen (secondary N) is 1. The Morgan fingerprint density at radius 3 is 2.35 bits per heavy atom. The predicted octanol–water partition coefficient (Wildman–Crippen LogP) is 3.14. The maximum absolute atomic E-state index is 12.8. The second-order valence-electron chi connectivity index (χ2n) is 7.34. The molecular formula is C21H25F3N2O5. The van der Waals surface area contributed by atoms with Crippen LogP contribution in [0.25, 0.3) is 0 Å². The third-order valence-corrected chi connectivity index (χ3v) is 5.38. The fraction of sp³-hybridized carbons (Fsp3) is 0.524. The van der Waals surface area contributed by atoms with Crippen molar-refractivity contribution in [2.24, 2.45) is 10.4 Å². The van der Waals surface area contributed by atoms with Crippen LogP contribution in [0.1, 0.15) is 44.2 Å². The summed E-state index contributed by atoms with van der Waals surface area (Å²) in [7, 11) is 2.14. The molecule has 1 aromatic carbocycles. The molecule has 1 fully saturated rings. The second-order valence-corrected chi connectivity index (χ2v) is 7.34. The molecule has 1 amide bonds. The van der Waals surface area contributed by atoms with Crippen molar-refractivity contribution >= 4 is 23.6 Å². The van der Waals surface area contributed by atoms with Gasteiger partial charge in [0.25, 0.3) is 0 Å². The van der Waals surface area contributed by atoms with E-state index in [2.05, 4.69) is 9.73 Å². The van der Waals surface area contributed by atoms with Gasteiger partial charge in [-0.1, -0.05) is 30.3 Å². The van der Waals surface area contributed by atoms with Crippen molar-refractivity contribution in [3.05, 3.63) is 35.9 Å². The highest BCUT2D eigenvalue weighted by molar-refractivity contribution is 6.08. The first-order chi connectivity index (χ1) is 14.5. The highest BCUT2D eigenvalue weighted by atomic mass is 19.4.